The molecule has 0 bridgehead atoms. The smallest absolute Gasteiger partial charge is 0.0908 e. The Labute approximate surface area is 68.7 Å². The summed E-state index contributed by atoms with van der Waals surface area (Å²) in [6.45, 7) is 4.18. The van der Waals surface area contributed by atoms with E-state index in [1.54, 1.807) is 0 Å². The normalized spacial score (nSPS) is 10.9. The van der Waals surface area contributed by atoms with Gasteiger partial charge in [-0.3, -0.25) is 0 Å². The van der Waals surface area contributed by atoms with Crippen LogP contribution >= 0.6 is 0 Å². The van der Waals surface area contributed by atoms with Gasteiger partial charge in [-0.1, -0.05) is 19.9 Å². The van der Waals surface area contributed by atoms with Crippen molar-refractivity contribution in [3.8, 4) is 18.4 Å². The van der Waals surface area contributed by atoms with Crippen LogP contribution < -0.4 is 0 Å². The van der Waals surface area contributed by atoms with E-state index in [0.29, 0.717) is 0 Å². The molecule has 0 atom stereocenters. The van der Waals surface area contributed by atoms with Crippen molar-refractivity contribution < 1.29 is 0 Å². The van der Waals surface area contributed by atoms with Crippen LogP contribution in [-0.4, -0.2) is 0 Å². The Morgan fingerprint density at radius 2 is 2.18 bits per heavy atom. The van der Waals surface area contributed by atoms with Gasteiger partial charge in [-0.05, 0) is 11.8 Å². The van der Waals surface area contributed by atoms with Gasteiger partial charge in [0.25, 0.3) is 0 Å². The van der Waals surface area contributed by atoms with Crippen LogP contribution in [0, 0.1) is 29.1 Å². The van der Waals surface area contributed by atoms with E-state index in [1.165, 1.54) is 6.08 Å². The third-order valence-corrected chi connectivity index (χ3v) is 1.44. The summed E-state index contributed by atoms with van der Waals surface area (Å²) in [4.78, 5) is 0. The summed E-state index contributed by atoms with van der Waals surface area (Å²) in [6, 6.07) is 1.95. The molecule has 0 aromatic carbocycles. The van der Waals surface area contributed by atoms with Crippen LogP contribution in [0.2, 0.25) is 0 Å². The van der Waals surface area contributed by atoms with Gasteiger partial charge in [-0.2, -0.15) is 5.26 Å². The first kappa shape index (κ1) is 9.79. The number of rotatable bonds is 3. The first-order valence-corrected chi connectivity index (χ1v) is 3.60. The number of allylic oxidation sites excluding steroid dienone is 2. The highest BCUT2D eigenvalue weighted by Crippen LogP contribution is 2.24. The molecular formula is C10H13N. The first-order valence-electron chi connectivity index (χ1n) is 3.60. The van der Waals surface area contributed by atoms with Crippen LogP contribution in [0.4, 0.5) is 0 Å². The molecule has 0 aliphatic rings. The maximum Gasteiger partial charge on any atom is 0.0908 e. The van der Waals surface area contributed by atoms with Crippen LogP contribution in [0.15, 0.2) is 12.2 Å². The number of hydrogen-bond donors (Lipinski definition) is 0. The summed E-state index contributed by atoms with van der Waals surface area (Å²) < 4.78 is 0. The van der Waals surface area contributed by atoms with Crippen molar-refractivity contribution in [3.05, 3.63) is 12.2 Å². The second-order valence-corrected chi connectivity index (χ2v) is 3.28. The van der Waals surface area contributed by atoms with Crippen LogP contribution in [0.5, 0.6) is 0 Å². The van der Waals surface area contributed by atoms with Crippen LogP contribution in [0.1, 0.15) is 26.7 Å². The molecule has 1 nitrogen and oxygen atoms in total. The fourth-order valence-electron chi connectivity index (χ4n) is 0.779. The van der Waals surface area contributed by atoms with E-state index in [9.17, 15) is 0 Å². The Morgan fingerprint density at radius 1 is 1.55 bits per heavy atom. The van der Waals surface area contributed by atoms with Crippen molar-refractivity contribution in [2.45, 2.75) is 26.7 Å². The van der Waals surface area contributed by atoms with E-state index in [-0.39, 0.29) is 5.41 Å². The molecule has 0 rings (SSSR count). The fourth-order valence-corrected chi connectivity index (χ4v) is 0.779. The van der Waals surface area contributed by atoms with Crippen molar-refractivity contribution in [3.63, 3.8) is 0 Å². The molecule has 0 saturated heterocycles. The molecule has 0 aromatic heterocycles. The summed E-state index contributed by atoms with van der Waals surface area (Å²) >= 11 is 0. The van der Waals surface area contributed by atoms with Crippen molar-refractivity contribution in [2.75, 3.05) is 0 Å². The molecule has 0 radical (unpaired) electrons. The monoisotopic (exact) mass is 147 g/mol. The van der Waals surface area contributed by atoms with Crippen molar-refractivity contribution >= 4 is 0 Å². The molecule has 0 N–H and O–H groups in total. The van der Waals surface area contributed by atoms with Gasteiger partial charge in [-0.15, -0.1) is 12.3 Å². The third-order valence-electron chi connectivity index (χ3n) is 1.44. The van der Waals surface area contributed by atoms with Gasteiger partial charge < -0.3 is 0 Å². The molecule has 0 spiro atoms. The maximum absolute atomic E-state index is 8.22. The predicted molar refractivity (Wildman–Crippen MR) is 46.6 cm³/mol. The summed E-state index contributed by atoms with van der Waals surface area (Å²) in [5.74, 6) is 2.62. The summed E-state index contributed by atoms with van der Waals surface area (Å²) in [5, 5.41) is 8.22. The van der Waals surface area contributed by atoms with Gasteiger partial charge in [0.2, 0.25) is 0 Å². The molecule has 0 fully saturated rings. The molecule has 0 saturated carbocycles. The molecular weight excluding hydrogens is 134 g/mol. The zero-order valence-electron chi connectivity index (χ0n) is 7.09. The van der Waals surface area contributed by atoms with Crippen LogP contribution in [0.3, 0.4) is 0 Å². The number of nitrogens with zero attached hydrogens (tertiary/aromatic N) is 1. The standard InChI is InChI=1S/C10H13N/c1-4-7-10(2,3)8-5-6-9-11/h1,5-6H,7-8H2,2-3H3/b6-5-. The minimum atomic E-state index is 0.127. The van der Waals surface area contributed by atoms with E-state index >= 15 is 0 Å². The van der Waals surface area contributed by atoms with E-state index in [0.717, 1.165) is 12.8 Å². The van der Waals surface area contributed by atoms with E-state index < -0.39 is 0 Å². The first-order chi connectivity index (χ1) is 5.12. The lowest BCUT2D eigenvalue weighted by molar-refractivity contribution is 0.383. The Morgan fingerprint density at radius 3 is 2.64 bits per heavy atom. The maximum atomic E-state index is 8.22. The lowest BCUT2D eigenvalue weighted by atomic mass is 9.86. The molecule has 0 amide bonds. The van der Waals surface area contributed by atoms with E-state index in [1.807, 2.05) is 12.1 Å². The lowest BCUT2D eigenvalue weighted by Gasteiger charge is -2.18. The van der Waals surface area contributed by atoms with Crippen molar-refractivity contribution in [1.29, 1.82) is 5.26 Å². The molecule has 0 unspecified atom stereocenters. The Balaban J connectivity index is 3.86. The van der Waals surface area contributed by atoms with E-state index in [2.05, 4.69) is 19.8 Å². The Kier molecular flexibility index (Phi) is 4.08. The quantitative estimate of drug-likeness (QED) is 0.444. The predicted octanol–water partition coefficient (Wildman–Crippen LogP) is 2.51. The molecule has 0 aromatic rings. The molecule has 1 heteroatoms. The second-order valence-electron chi connectivity index (χ2n) is 3.28. The Hall–Kier alpha value is -1.21. The van der Waals surface area contributed by atoms with Gasteiger partial charge in [0.05, 0.1) is 6.07 Å². The van der Waals surface area contributed by atoms with Gasteiger partial charge in [0, 0.05) is 12.5 Å². The minimum Gasteiger partial charge on any atom is -0.193 e. The Bertz CT molecular complexity index is 210. The average molecular weight is 147 g/mol. The lowest BCUT2D eigenvalue weighted by Crippen LogP contribution is -2.07. The van der Waals surface area contributed by atoms with Crippen molar-refractivity contribution in [2.24, 2.45) is 5.41 Å². The number of hydrogen-bond acceptors (Lipinski definition) is 1. The van der Waals surface area contributed by atoms with Gasteiger partial charge in [0.1, 0.15) is 0 Å². The number of nitriles is 1. The molecule has 11 heavy (non-hydrogen) atoms. The zero-order valence-corrected chi connectivity index (χ0v) is 7.09. The molecule has 0 aliphatic carbocycles. The summed E-state index contributed by atoms with van der Waals surface area (Å²) in [5.41, 5.74) is 0.127. The fraction of sp³-hybridized carbons (Fsp3) is 0.500. The van der Waals surface area contributed by atoms with Gasteiger partial charge in [0.15, 0.2) is 0 Å². The van der Waals surface area contributed by atoms with E-state index in [4.69, 9.17) is 11.7 Å². The van der Waals surface area contributed by atoms with Gasteiger partial charge >= 0.3 is 0 Å². The van der Waals surface area contributed by atoms with Gasteiger partial charge in [-0.25, -0.2) is 0 Å². The highest BCUT2D eigenvalue weighted by molar-refractivity contribution is 5.04. The van der Waals surface area contributed by atoms with Crippen LogP contribution in [-0.2, 0) is 0 Å². The minimum absolute atomic E-state index is 0.127. The largest absolute Gasteiger partial charge is 0.193 e. The zero-order chi connectivity index (χ0) is 8.74. The highest BCUT2D eigenvalue weighted by Gasteiger charge is 2.13. The molecule has 0 heterocycles. The topological polar surface area (TPSA) is 23.8 Å². The molecule has 0 aliphatic heterocycles. The SMILES string of the molecule is C#CCC(C)(C)C/C=C\C#N. The average Bonchev–Trinajstić information content (AvgIpc) is 1.87. The molecule has 58 valence electrons. The number of terminal acetylenes is 1. The third kappa shape index (κ3) is 5.25. The summed E-state index contributed by atoms with van der Waals surface area (Å²) in [6.07, 6.45) is 10.2. The van der Waals surface area contributed by atoms with Crippen molar-refractivity contribution in [1.82, 2.24) is 0 Å². The van der Waals surface area contributed by atoms with Crippen LogP contribution in [0.25, 0.3) is 0 Å². The summed E-state index contributed by atoms with van der Waals surface area (Å²) in [7, 11) is 0. The second kappa shape index (κ2) is 4.58. The highest BCUT2D eigenvalue weighted by atomic mass is 14.2.